The first kappa shape index (κ1) is 19.2. The molecular formula is C12H7Br6N3O. The predicted octanol–water partition coefficient (Wildman–Crippen LogP) is 6.14. The minimum Gasteiger partial charge on any atom is -0.496 e. The number of ether oxygens (including phenoxy) is 1. The molecule has 0 aliphatic carbocycles. The number of benzene rings is 1. The summed E-state index contributed by atoms with van der Waals surface area (Å²) in [6, 6.07) is 3.86. The van der Waals surface area contributed by atoms with Crippen LogP contribution in [-0.2, 0) is 4.29 Å². The van der Waals surface area contributed by atoms with E-state index in [9.17, 15) is 0 Å². The van der Waals surface area contributed by atoms with E-state index in [1.165, 1.54) is 12.7 Å². The molecule has 0 bridgehead atoms. The van der Waals surface area contributed by atoms with Gasteiger partial charge in [0.25, 0.3) is 0 Å². The van der Waals surface area contributed by atoms with Crippen molar-refractivity contribution in [3.8, 4) is 17.1 Å². The molecule has 0 amide bonds. The predicted molar refractivity (Wildman–Crippen MR) is 109 cm³/mol. The lowest BCUT2D eigenvalue weighted by atomic mass is 10.0. The summed E-state index contributed by atoms with van der Waals surface area (Å²) in [5, 5.41) is 0. The van der Waals surface area contributed by atoms with E-state index in [2.05, 4.69) is 111 Å². The van der Waals surface area contributed by atoms with Crippen LogP contribution in [-0.4, -0.2) is 22.1 Å². The van der Waals surface area contributed by atoms with Crippen molar-refractivity contribution in [3.63, 3.8) is 0 Å². The van der Waals surface area contributed by atoms with Gasteiger partial charge in [0.15, 0.2) is 10.1 Å². The van der Waals surface area contributed by atoms with Gasteiger partial charge in [0.2, 0.25) is 0 Å². The Hall–Kier alpha value is 0.910. The van der Waals surface area contributed by atoms with Crippen molar-refractivity contribution in [1.29, 1.82) is 0 Å². The zero-order valence-electron chi connectivity index (χ0n) is 10.8. The Balaban J connectivity index is 2.81. The second-order valence-electron chi connectivity index (χ2n) is 4.06. The van der Waals surface area contributed by atoms with E-state index in [1.54, 1.807) is 7.11 Å². The summed E-state index contributed by atoms with van der Waals surface area (Å²) < 4.78 is 4.30. The van der Waals surface area contributed by atoms with E-state index in [4.69, 9.17) is 4.74 Å². The normalized spacial score (nSPS) is 12.3. The zero-order valence-corrected chi connectivity index (χ0v) is 20.3. The summed E-state index contributed by atoms with van der Waals surface area (Å²) in [5.41, 5.74) is 2.49. The number of alkyl halides is 6. The fraction of sp³-hybridized carbons (Fsp3) is 0.250. The summed E-state index contributed by atoms with van der Waals surface area (Å²) in [4.78, 5) is 12.3. The molecule has 1 aromatic carbocycles. The average molecular weight is 689 g/mol. The minimum absolute atomic E-state index is 0.514. The highest BCUT2D eigenvalue weighted by molar-refractivity contribution is 9.39. The molecule has 1 heterocycles. The second kappa shape index (κ2) is 7.43. The van der Waals surface area contributed by atoms with Gasteiger partial charge in [-0.15, -0.1) is 0 Å². The highest BCUT2D eigenvalue weighted by atomic mass is 80.0. The van der Waals surface area contributed by atoms with Gasteiger partial charge in [-0.3, -0.25) is 0 Å². The first-order valence-electron chi connectivity index (χ1n) is 5.63. The molecule has 4 nitrogen and oxygen atoms in total. The lowest BCUT2D eigenvalue weighted by Crippen LogP contribution is -2.09. The second-order valence-corrected chi connectivity index (χ2v) is 17.6. The molecule has 0 aliphatic heterocycles. The Kier molecular flexibility index (Phi) is 6.50. The third-order valence-corrected chi connectivity index (χ3v) is 5.33. The highest BCUT2D eigenvalue weighted by Gasteiger charge is 2.32. The summed E-state index contributed by atoms with van der Waals surface area (Å²) in [6.45, 7) is 0. The number of aromatic nitrogens is 3. The van der Waals surface area contributed by atoms with Crippen LogP contribution < -0.4 is 4.74 Å². The summed E-state index contributed by atoms with van der Waals surface area (Å²) in [6.07, 6.45) is 2.89. The lowest BCUT2D eigenvalue weighted by molar-refractivity contribution is 0.415. The lowest BCUT2D eigenvalue weighted by Gasteiger charge is -2.23. The van der Waals surface area contributed by atoms with E-state index in [0.29, 0.717) is 11.6 Å². The Morgan fingerprint density at radius 2 is 1.50 bits per heavy atom. The van der Waals surface area contributed by atoms with Crippen molar-refractivity contribution in [2.75, 3.05) is 7.11 Å². The molecule has 0 saturated heterocycles. The van der Waals surface area contributed by atoms with E-state index in [1.807, 2.05) is 12.1 Å². The largest absolute Gasteiger partial charge is 0.496 e. The van der Waals surface area contributed by atoms with Gasteiger partial charge in [-0.05, 0) is 17.7 Å². The smallest absolute Gasteiger partial charge is 0.166 e. The van der Waals surface area contributed by atoms with Gasteiger partial charge in [-0.25, -0.2) is 15.0 Å². The van der Waals surface area contributed by atoms with Crippen LogP contribution in [0.1, 0.15) is 11.1 Å². The van der Waals surface area contributed by atoms with Crippen LogP contribution in [0.5, 0.6) is 5.75 Å². The number of nitrogens with zero attached hydrogens (tertiary/aromatic N) is 3. The Morgan fingerprint density at radius 3 is 1.95 bits per heavy atom. The van der Waals surface area contributed by atoms with Crippen LogP contribution in [0, 0.1) is 0 Å². The number of halogens is 6. The standard InChI is InChI=1S/C12H7Br6N3O/c1-22-8-3-6(11(13,14)15)2-7(12(16,17)18)9(8)10-20-4-19-5-21-10/h2-5H,1H3. The maximum absolute atomic E-state index is 5.55. The van der Waals surface area contributed by atoms with Crippen molar-refractivity contribution in [3.05, 3.63) is 35.9 Å². The molecule has 0 unspecified atom stereocenters. The molecule has 10 heteroatoms. The first-order chi connectivity index (χ1) is 10.1. The highest BCUT2D eigenvalue weighted by Crippen LogP contribution is 2.53. The van der Waals surface area contributed by atoms with E-state index < -0.39 is 4.29 Å². The Labute approximate surface area is 178 Å². The monoisotopic (exact) mass is 683 g/mol. The molecule has 0 spiro atoms. The van der Waals surface area contributed by atoms with Gasteiger partial charge >= 0.3 is 0 Å². The molecule has 0 N–H and O–H groups in total. The molecule has 0 fully saturated rings. The molecule has 118 valence electrons. The van der Waals surface area contributed by atoms with Crippen LogP contribution in [0.3, 0.4) is 0 Å². The van der Waals surface area contributed by atoms with Gasteiger partial charge in [0, 0.05) is 5.56 Å². The molecule has 2 aromatic rings. The number of methoxy groups -OCH3 is 1. The van der Waals surface area contributed by atoms with Gasteiger partial charge in [-0.1, -0.05) is 95.6 Å². The van der Waals surface area contributed by atoms with Gasteiger partial charge < -0.3 is 4.74 Å². The number of hydrogen-bond donors (Lipinski definition) is 0. The minimum atomic E-state index is -0.670. The number of hydrogen-bond acceptors (Lipinski definition) is 4. The van der Waals surface area contributed by atoms with Gasteiger partial charge in [0.05, 0.1) is 12.7 Å². The maximum atomic E-state index is 5.55. The molecular weight excluding hydrogens is 682 g/mol. The Morgan fingerprint density at radius 1 is 0.909 bits per heavy atom. The quantitative estimate of drug-likeness (QED) is 0.356. The summed E-state index contributed by atoms with van der Waals surface area (Å²) >= 11 is 21.2. The molecule has 1 aromatic heterocycles. The zero-order chi connectivity index (χ0) is 16.5. The van der Waals surface area contributed by atoms with Crippen LogP contribution in [0.15, 0.2) is 24.8 Å². The fourth-order valence-corrected chi connectivity index (χ4v) is 3.39. The van der Waals surface area contributed by atoms with Crippen molar-refractivity contribution < 1.29 is 4.74 Å². The Bertz CT molecular complexity index is 669. The van der Waals surface area contributed by atoms with Crippen LogP contribution in [0.4, 0.5) is 0 Å². The van der Waals surface area contributed by atoms with Gasteiger partial charge in [-0.2, -0.15) is 0 Å². The van der Waals surface area contributed by atoms with Crippen LogP contribution in [0.2, 0.25) is 0 Å². The van der Waals surface area contributed by atoms with Gasteiger partial charge in [0.1, 0.15) is 18.4 Å². The number of rotatable bonds is 2. The first-order valence-corrected chi connectivity index (χ1v) is 10.4. The maximum Gasteiger partial charge on any atom is 0.166 e. The van der Waals surface area contributed by atoms with Crippen molar-refractivity contribution in [1.82, 2.24) is 15.0 Å². The van der Waals surface area contributed by atoms with Crippen LogP contribution >= 0.6 is 95.6 Å². The summed E-state index contributed by atoms with van der Waals surface area (Å²) in [7, 11) is 1.60. The van der Waals surface area contributed by atoms with E-state index in [-0.39, 0.29) is 0 Å². The van der Waals surface area contributed by atoms with Crippen molar-refractivity contribution >= 4 is 95.6 Å². The third kappa shape index (κ3) is 4.50. The molecule has 0 saturated carbocycles. The van der Waals surface area contributed by atoms with Crippen LogP contribution in [0.25, 0.3) is 11.4 Å². The SMILES string of the molecule is COc1cc(C(Br)(Br)Br)cc(C(Br)(Br)Br)c1-c1ncncn1. The van der Waals surface area contributed by atoms with E-state index >= 15 is 0 Å². The van der Waals surface area contributed by atoms with Crippen molar-refractivity contribution in [2.45, 2.75) is 4.29 Å². The average Bonchev–Trinajstić information content (AvgIpc) is 2.44. The molecule has 22 heavy (non-hydrogen) atoms. The third-order valence-electron chi connectivity index (χ3n) is 2.67. The van der Waals surface area contributed by atoms with Crippen molar-refractivity contribution in [2.24, 2.45) is 0 Å². The topological polar surface area (TPSA) is 47.9 Å². The fourth-order valence-electron chi connectivity index (χ4n) is 1.76. The molecule has 0 radical (unpaired) electrons. The molecule has 0 atom stereocenters. The molecule has 0 aliphatic rings. The van der Waals surface area contributed by atoms with E-state index in [0.717, 1.165) is 16.7 Å². The molecule has 2 rings (SSSR count). The summed E-state index contributed by atoms with van der Waals surface area (Å²) in [5.74, 6) is 1.14.